The minimum Gasteiger partial charge on any atom is -0.462 e. The Balaban J connectivity index is 1.48. The highest BCUT2D eigenvalue weighted by atomic mass is 16.5. The molecule has 0 atom stereocenters. The Bertz CT molecular complexity index is 817. The van der Waals surface area contributed by atoms with Crippen molar-refractivity contribution in [3.63, 3.8) is 0 Å². The van der Waals surface area contributed by atoms with Crippen molar-refractivity contribution >= 4 is 18.1 Å². The lowest BCUT2D eigenvalue weighted by Crippen LogP contribution is -2.48. The molecular formula is C18H20N4O3. The highest BCUT2D eigenvalue weighted by molar-refractivity contribution is 5.88. The number of aldehydes is 1. The number of anilines is 1. The summed E-state index contributed by atoms with van der Waals surface area (Å²) in [4.78, 5) is 29.9. The number of nitrogens with zero attached hydrogens (tertiary/aromatic N) is 4. The molecule has 4 rings (SSSR count). The van der Waals surface area contributed by atoms with Crippen LogP contribution in [-0.4, -0.2) is 46.7 Å². The summed E-state index contributed by atoms with van der Waals surface area (Å²) in [5, 5.41) is 4.16. The molecule has 2 aromatic heterocycles. The molecule has 2 aliphatic rings. The van der Waals surface area contributed by atoms with Gasteiger partial charge in [0, 0.05) is 30.3 Å². The number of carbonyl (C=O) groups excluding carboxylic acids is 2. The first kappa shape index (κ1) is 15.8. The van der Waals surface area contributed by atoms with Crippen molar-refractivity contribution in [3.8, 4) is 0 Å². The van der Waals surface area contributed by atoms with E-state index in [1.54, 1.807) is 17.8 Å². The van der Waals surface area contributed by atoms with Gasteiger partial charge < -0.3 is 9.64 Å². The van der Waals surface area contributed by atoms with Gasteiger partial charge in [-0.1, -0.05) is 6.07 Å². The minimum absolute atomic E-state index is 0.322. The van der Waals surface area contributed by atoms with Crippen LogP contribution < -0.4 is 4.90 Å². The summed E-state index contributed by atoms with van der Waals surface area (Å²) in [5.41, 5.74) is 2.14. The third-order valence-corrected chi connectivity index (χ3v) is 4.92. The van der Waals surface area contributed by atoms with Gasteiger partial charge >= 0.3 is 5.97 Å². The predicted molar refractivity (Wildman–Crippen MR) is 90.8 cm³/mol. The average molecular weight is 340 g/mol. The molecule has 2 fully saturated rings. The Kier molecular flexibility index (Phi) is 3.78. The first-order valence-electron chi connectivity index (χ1n) is 8.52. The number of aromatic nitrogens is 3. The van der Waals surface area contributed by atoms with Gasteiger partial charge in [-0.2, -0.15) is 5.10 Å². The monoisotopic (exact) mass is 340 g/mol. The smallest absolute Gasteiger partial charge is 0.341 e. The SMILES string of the molecule is CCOC(=O)c1cnn(Cc2ccc(N3CC4(CC4)C3)nc2C=O)c1. The fourth-order valence-corrected chi connectivity index (χ4v) is 3.27. The van der Waals surface area contributed by atoms with Gasteiger partial charge in [-0.3, -0.25) is 9.48 Å². The Labute approximate surface area is 145 Å². The molecule has 7 heteroatoms. The summed E-state index contributed by atoms with van der Waals surface area (Å²) in [6, 6.07) is 3.86. The Morgan fingerprint density at radius 1 is 1.36 bits per heavy atom. The zero-order chi connectivity index (χ0) is 17.4. The molecule has 1 aliphatic carbocycles. The van der Waals surface area contributed by atoms with Gasteiger partial charge in [0.05, 0.1) is 24.9 Å². The zero-order valence-electron chi connectivity index (χ0n) is 14.1. The van der Waals surface area contributed by atoms with Crippen LogP contribution in [0.5, 0.6) is 0 Å². The molecule has 3 heterocycles. The molecule has 0 aromatic carbocycles. The van der Waals surface area contributed by atoms with Gasteiger partial charge in [-0.15, -0.1) is 0 Å². The van der Waals surface area contributed by atoms with E-state index in [4.69, 9.17) is 4.74 Å². The quantitative estimate of drug-likeness (QED) is 0.590. The molecule has 1 saturated carbocycles. The molecule has 7 nitrogen and oxygen atoms in total. The third kappa shape index (κ3) is 3.01. The van der Waals surface area contributed by atoms with Crippen LogP contribution in [0.15, 0.2) is 24.5 Å². The van der Waals surface area contributed by atoms with E-state index < -0.39 is 5.97 Å². The minimum atomic E-state index is -0.398. The first-order valence-corrected chi connectivity index (χ1v) is 8.52. The van der Waals surface area contributed by atoms with E-state index in [9.17, 15) is 9.59 Å². The number of hydrogen-bond acceptors (Lipinski definition) is 6. The average Bonchev–Trinajstić information content (AvgIpc) is 3.26. The summed E-state index contributed by atoms with van der Waals surface area (Å²) in [7, 11) is 0. The molecule has 1 saturated heterocycles. The Morgan fingerprint density at radius 2 is 2.16 bits per heavy atom. The maximum absolute atomic E-state index is 11.7. The highest BCUT2D eigenvalue weighted by Gasteiger charge is 2.52. The van der Waals surface area contributed by atoms with Crippen LogP contribution in [-0.2, 0) is 11.3 Å². The van der Waals surface area contributed by atoms with E-state index in [0.29, 0.717) is 29.8 Å². The van der Waals surface area contributed by atoms with Gasteiger partial charge in [-0.25, -0.2) is 9.78 Å². The zero-order valence-corrected chi connectivity index (χ0v) is 14.1. The second-order valence-corrected chi connectivity index (χ2v) is 6.83. The van der Waals surface area contributed by atoms with Crippen LogP contribution in [0.2, 0.25) is 0 Å². The number of carbonyl (C=O) groups is 2. The van der Waals surface area contributed by atoms with Crippen LogP contribution in [0.4, 0.5) is 5.82 Å². The molecular weight excluding hydrogens is 320 g/mol. The normalized spacial score (nSPS) is 17.2. The van der Waals surface area contributed by atoms with Gasteiger partial charge in [0.25, 0.3) is 0 Å². The van der Waals surface area contributed by atoms with Crippen LogP contribution >= 0.6 is 0 Å². The van der Waals surface area contributed by atoms with Gasteiger partial charge in [-0.05, 0) is 25.8 Å². The van der Waals surface area contributed by atoms with Crippen molar-refractivity contribution in [1.29, 1.82) is 0 Å². The second-order valence-electron chi connectivity index (χ2n) is 6.83. The fraction of sp³-hybridized carbons (Fsp3) is 0.444. The van der Waals surface area contributed by atoms with Crippen molar-refractivity contribution in [2.75, 3.05) is 24.6 Å². The van der Waals surface area contributed by atoms with Crippen LogP contribution in [0.1, 0.15) is 46.2 Å². The number of hydrogen-bond donors (Lipinski definition) is 0. The molecule has 2 aromatic rings. The van der Waals surface area contributed by atoms with Crippen molar-refractivity contribution < 1.29 is 14.3 Å². The van der Waals surface area contributed by atoms with Crippen LogP contribution in [0, 0.1) is 5.41 Å². The molecule has 0 bridgehead atoms. The molecule has 1 aliphatic heterocycles. The van der Waals surface area contributed by atoms with E-state index in [-0.39, 0.29) is 0 Å². The van der Waals surface area contributed by atoms with Crippen molar-refractivity contribution in [3.05, 3.63) is 41.3 Å². The molecule has 0 unspecified atom stereocenters. The molecule has 1 spiro atoms. The second kappa shape index (κ2) is 5.98. The number of ether oxygens (including phenoxy) is 1. The summed E-state index contributed by atoms with van der Waals surface area (Å²) in [6.45, 7) is 4.54. The van der Waals surface area contributed by atoms with E-state index >= 15 is 0 Å². The largest absolute Gasteiger partial charge is 0.462 e. The van der Waals surface area contributed by atoms with Gasteiger partial charge in [0.15, 0.2) is 6.29 Å². The summed E-state index contributed by atoms with van der Waals surface area (Å²) < 4.78 is 6.56. The fourth-order valence-electron chi connectivity index (χ4n) is 3.27. The van der Waals surface area contributed by atoms with Crippen LogP contribution in [0.25, 0.3) is 0 Å². The van der Waals surface area contributed by atoms with Crippen molar-refractivity contribution in [1.82, 2.24) is 14.8 Å². The number of esters is 1. The van der Waals surface area contributed by atoms with Gasteiger partial charge in [0.2, 0.25) is 0 Å². The summed E-state index contributed by atoms with van der Waals surface area (Å²) >= 11 is 0. The molecule has 0 amide bonds. The lowest BCUT2D eigenvalue weighted by atomic mass is 9.97. The lowest BCUT2D eigenvalue weighted by molar-refractivity contribution is 0.0526. The molecule has 0 radical (unpaired) electrons. The van der Waals surface area contributed by atoms with E-state index in [2.05, 4.69) is 15.0 Å². The Hall–Kier alpha value is -2.70. The van der Waals surface area contributed by atoms with E-state index in [1.165, 1.54) is 19.0 Å². The summed E-state index contributed by atoms with van der Waals surface area (Å²) in [6.07, 6.45) is 6.48. The maximum Gasteiger partial charge on any atom is 0.341 e. The van der Waals surface area contributed by atoms with Gasteiger partial charge in [0.1, 0.15) is 11.5 Å². The lowest BCUT2D eigenvalue weighted by Gasteiger charge is -2.41. The molecule has 130 valence electrons. The first-order chi connectivity index (χ1) is 12.1. The third-order valence-electron chi connectivity index (χ3n) is 4.92. The Morgan fingerprint density at radius 3 is 2.84 bits per heavy atom. The highest BCUT2D eigenvalue weighted by Crippen LogP contribution is 2.53. The number of rotatable bonds is 6. The van der Waals surface area contributed by atoms with Crippen molar-refractivity contribution in [2.24, 2.45) is 5.41 Å². The molecule has 25 heavy (non-hydrogen) atoms. The van der Waals surface area contributed by atoms with E-state index in [1.807, 2.05) is 12.1 Å². The molecule has 0 N–H and O–H groups in total. The predicted octanol–water partition coefficient (Wildman–Crippen LogP) is 1.92. The van der Waals surface area contributed by atoms with Crippen molar-refractivity contribution in [2.45, 2.75) is 26.3 Å². The number of pyridine rings is 1. The maximum atomic E-state index is 11.7. The summed E-state index contributed by atoms with van der Waals surface area (Å²) in [5.74, 6) is 0.459. The topological polar surface area (TPSA) is 77.3 Å². The standard InChI is InChI=1S/C18H20N4O3/c1-2-25-17(24)14-7-19-22(9-14)8-13-3-4-16(20-15(13)10-23)21-11-18(12-21)5-6-18/h3-4,7,9-10H,2,5-6,8,11-12H2,1H3. The van der Waals surface area contributed by atoms with E-state index in [0.717, 1.165) is 30.8 Å². The van der Waals surface area contributed by atoms with Crippen LogP contribution in [0.3, 0.4) is 0 Å².